The van der Waals surface area contributed by atoms with Gasteiger partial charge in [-0.05, 0) is 30.3 Å². The summed E-state index contributed by atoms with van der Waals surface area (Å²) in [7, 11) is 1.31. The van der Waals surface area contributed by atoms with Gasteiger partial charge in [-0.25, -0.2) is 4.79 Å². The SMILES string of the molecule is COC(=O)c1ccc2nnc(-c3cc(O)ccc3Cl)n2c1. The minimum absolute atomic E-state index is 0.0651. The first-order chi connectivity index (χ1) is 10.1. The van der Waals surface area contributed by atoms with Crippen LogP contribution in [0.2, 0.25) is 5.02 Å². The van der Waals surface area contributed by atoms with E-state index in [2.05, 4.69) is 10.2 Å². The zero-order valence-electron chi connectivity index (χ0n) is 10.9. The molecule has 1 N–H and O–H groups in total. The fraction of sp³-hybridized carbons (Fsp3) is 0.0714. The van der Waals surface area contributed by atoms with Gasteiger partial charge in [0.2, 0.25) is 0 Å². The Balaban J connectivity index is 2.23. The van der Waals surface area contributed by atoms with Gasteiger partial charge >= 0.3 is 5.97 Å². The van der Waals surface area contributed by atoms with E-state index >= 15 is 0 Å². The maximum atomic E-state index is 11.6. The Kier molecular flexibility index (Phi) is 3.23. The van der Waals surface area contributed by atoms with Crippen LogP contribution in [0.5, 0.6) is 5.75 Å². The zero-order valence-corrected chi connectivity index (χ0v) is 11.7. The van der Waals surface area contributed by atoms with E-state index in [1.54, 1.807) is 28.8 Å². The fourth-order valence-electron chi connectivity index (χ4n) is 2.00. The van der Waals surface area contributed by atoms with Crippen LogP contribution < -0.4 is 0 Å². The van der Waals surface area contributed by atoms with Crippen molar-refractivity contribution in [2.45, 2.75) is 0 Å². The summed E-state index contributed by atoms with van der Waals surface area (Å²) in [6, 6.07) is 7.79. The molecule has 2 aromatic heterocycles. The molecule has 0 amide bonds. The molecule has 1 aromatic carbocycles. The van der Waals surface area contributed by atoms with Crippen LogP contribution in [0.4, 0.5) is 0 Å². The number of phenolic OH excluding ortho intramolecular Hbond substituents is 1. The number of aromatic nitrogens is 3. The number of carbonyl (C=O) groups is 1. The summed E-state index contributed by atoms with van der Waals surface area (Å²) >= 11 is 6.13. The lowest BCUT2D eigenvalue weighted by Crippen LogP contribution is -2.03. The summed E-state index contributed by atoms with van der Waals surface area (Å²) in [5.74, 6) is 0.0329. The average Bonchev–Trinajstić information content (AvgIpc) is 2.91. The minimum atomic E-state index is -0.460. The van der Waals surface area contributed by atoms with Crippen molar-refractivity contribution in [1.82, 2.24) is 14.6 Å². The largest absolute Gasteiger partial charge is 0.508 e. The molecule has 0 fully saturated rings. The maximum absolute atomic E-state index is 11.6. The van der Waals surface area contributed by atoms with Crippen molar-refractivity contribution >= 4 is 23.2 Å². The smallest absolute Gasteiger partial charge is 0.339 e. The van der Waals surface area contributed by atoms with Gasteiger partial charge in [-0.3, -0.25) is 4.40 Å². The molecule has 0 unspecified atom stereocenters. The molecule has 3 rings (SSSR count). The molecule has 0 aliphatic carbocycles. The number of fused-ring (bicyclic) bond motifs is 1. The molecule has 106 valence electrons. The molecular formula is C14H10ClN3O3. The van der Waals surface area contributed by atoms with E-state index in [4.69, 9.17) is 16.3 Å². The Morgan fingerprint density at radius 2 is 2.10 bits per heavy atom. The molecule has 6 nitrogen and oxygen atoms in total. The monoisotopic (exact) mass is 303 g/mol. The minimum Gasteiger partial charge on any atom is -0.508 e. The van der Waals surface area contributed by atoms with Crippen molar-refractivity contribution < 1.29 is 14.6 Å². The first-order valence-electron chi connectivity index (χ1n) is 6.02. The highest BCUT2D eigenvalue weighted by molar-refractivity contribution is 6.33. The number of nitrogens with zero attached hydrogens (tertiary/aromatic N) is 3. The second-order valence-electron chi connectivity index (χ2n) is 4.33. The molecule has 7 heteroatoms. The molecule has 3 aromatic rings. The lowest BCUT2D eigenvalue weighted by molar-refractivity contribution is 0.0600. The number of halogens is 1. The lowest BCUT2D eigenvalue weighted by atomic mass is 10.2. The molecule has 21 heavy (non-hydrogen) atoms. The van der Waals surface area contributed by atoms with Gasteiger partial charge in [-0.2, -0.15) is 0 Å². The number of aromatic hydroxyl groups is 1. The standard InChI is InChI=1S/C14H10ClN3O3/c1-21-14(20)8-2-5-12-16-17-13(18(12)7-8)10-6-9(19)3-4-11(10)15/h2-7,19H,1H3. The van der Waals surface area contributed by atoms with Crippen molar-refractivity contribution in [2.75, 3.05) is 7.11 Å². The number of pyridine rings is 1. The molecule has 0 saturated heterocycles. The van der Waals surface area contributed by atoms with Crippen LogP contribution in [0.1, 0.15) is 10.4 Å². The molecule has 0 atom stereocenters. The van der Waals surface area contributed by atoms with Crippen molar-refractivity contribution in [3.63, 3.8) is 0 Å². The summed E-state index contributed by atoms with van der Waals surface area (Å²) in [6.07, 6.45) is 1.57. The molecule has 0 radical (unpaired) electrons. The van der Waals surface area contributed by atoms with E-state index < -0.39 is 5.97 Å². The molecule has 0 spiro atoms. The number of carbonyl (C=O) groups excluding carboxylic acids is 1. The number of phenols is 1. The van der Waals surface area contributed by atoms with Crippen LogP contribution in [0, 0.1) is 0 Å². The topological polar surface area (TPSA) is 76.7 Å². The van der Waals surface area contributed by atoms with E-state index in [9.17, 15) is 9.90 Å². The molecule has 0 saturated carbocycles. The number of esters is 1. The summed E-state index contributed by atoms with van der Waals surface area (Å²) in [4.78, 5) is 11.6. The zero-order chi connectivity index (χ0) is 15.0. The number of methoxy groups -OCH3 is 1. The van der Waals surface area contributed by atoms with E-state index in [1.165, 1.54) is 19.2 Å². The predicted octanol–water partition coefficient (Wildman–Crippen LogP) is 2.54. The molecule has 2 heterocycles. The van der Waals surface area contributed by atoms with Gasteiger partial charge in [0.1, 0.15) is 5.75 Å². The molecular weight excluding hydrogens is 294 g/mol. The van der Waals surface area contributed by atoms with Gasteiger partial charge in [-0.1, -0.05) is 11.6 Å². The van der Waals surface area contributed by atoms with Gasteiger partial charge in [-0.15, -0.1) is 10.2 Å². The third-order valence-corrected chi connectivity index (χ3v) is 3.34. The quantitative estimate of drug-likeness (QED) is 0.736. The van der Waals surface area contributed by atoms with Gasteiger partial charge in [0.15, 0.2) is 11.5 Å². The Hall–Kier alpha value is -2.60. The maximum Gasteiger partial charge on any atom is 0.339 e. The highest BCUT2D eigenvalue weighted by Crippen LogP contribution is 2.30. The average molecular weight is 304 g/mol. The Morgan fingerprint density at radius 3 is 2.86 bits per heavy atom. The number of benzene rings is 1. The first-order valence-corrected chi connectivity index (χ1v) is 6.40. The van der Waals surface area contributed by atoms with Crippen LogP contribution in [-0.4, -0.2) is 32.8 Å². The molecule has 0 bridgehead atoms. The van der Waals surface area contributed by atoms with E-state index in [1.807, 2.05) is 0 Å². The van der Waals surface area contributed by atoms with Crippen LogP contribution >= 0.6 is 11.6 Å². The Bertz CT molecular complexity index is 845. The highest BCUT2D eigenvalue weighted by Gasteiger charge is 2.14. The molecule has 0 aliphatic heterocycles. The van der Waals surface area contributed by atoms with Crippen molar-refractivity contribution in [3.05, 3.63) is 47.1 Å². The van der Waals surface area contributed by atoms with Gasteiger partial charge in [0.05, 0.1) is 17.7 Å². The Morgan fingerprint density at radius 1 is 1.29 bits per heavy atom. The summed E-state index contributed by atoms with van der Waals surface area (Å²) < 4.78 is 6.31. The van der Waals surface area contributed by atoms with E-state index in [0.29, 0.717) is 27.6 Å². The fourth-order valence-corrected chi connectivity index (χ4v) is 2.20. The second-order valence-corrected chi connectivity index (χ2v) is 4.73. The summed E-state index contributed by atoms with van der Waals surface area (Å²) in [5.41, 5.74) is 1.44. The van der Waals surface area contributed by atoms with Gasteiger partial charge in [0, 0.05) is 11.8 Å². The predicted molar refractivity (Wildman–Crippen MR) is 76.4 cm³/mol. The van der Waals surface area contributed by atoms with Crippen molar-refractivity contribution in [1.29, 1.82) is 0 Å². The van der Waals surface area contributed by atoms with E-state index in [0.717, 1.165) is 0 Å². The number of hydrogen-bond acceptors (Lipinski definition) is 5. The third-order valence-electron chi connectivity index (χ3n) is 3.01. The van der Waals surface area contributed by atoms with Crippen LogP contribution in [-0.2, 0) is 4.74 Å². The first kappa shape index (κ1) is 13.4. The van der Waals surface area contributed by atoms with Gasteiger partial charge in [0.25, 0.3) is 0 Å². The number of hydrogen-bond donors (Lipinski definition) is 1. The van der Waals surface area contributed by atoms with Crippen molar-refractivity contribution in [3.8, 4) is 17.1 Å². The summed E-state index contributed by atoms with van der Waals surface area (Å²) in [6.45, 7) is 0. The highest BCUT2D eigenvalue weighted by atomic mass is 35.5. The van der Waals surface area contributed by atoms with Gasteiger partial charge < -0.3 is 9.84 Å². The Labute approximate surface area is 124 Å². The lowest BCUT2D eigenvalue weighted by Gasteiger charge is -2.05. The number of ether oxygens (including phenoxy) is 1. The van der Waals surface area contributed by atoms with Crippen molar-refractivity contribution in [2.24, 2.45) is 0 Å². The van der Waals surface area contributed by atoms with Crippen LogP contribution in [0.3, 0.4) is 0 Å². The van der Waals surface area contributed by atoms with Crippen LogP contribution in [0.25, 0.3) is 17.0 Å². The van der Waals surface area contributed by atoms with E-state index in [-0.39, 0.29) is 5.75 Å². The third kappa shape index (κ3) is 2.30. The molecule has 0 aliphatic rings. The second kappa shape index (κ2) is 5.06. The number of rotatable bonds is 2. The van der Waals surface area contributed by atoms with Crippen LogP contribution in [0.15, 0.2) is 36.5 Å². The normalized spacial score (nSPS) is 10.8. The summed E-state index contributed by atoms with van der Waals surface area (Å²) in [5, 5.41) is 18.1.